The first-order valence-electron chi connectivity index (χ1n) is 12.4. The molecular formula is C24H37BO6. The SMILES string of the molecule is [2H][C@](CCc1ccccc1)(CC1OCCO1)[C@@]([2H])(CC1OCCO1)B1OC(C)(C)C(C)(C)O1. The molecule has 3 saturated heterocycles. The van der Waals surface area contributed by atoms with E-state index in [1.165, 1.54) is 0 Å². The molecule has 3 aliphatic heterocycles. The second-order valence-electron chi connectivity index (χ2n) is 9.45. The average molecular weight is 434 g/mol. The van der Waals surface area contributed by atoms with E-state index in [-0.39, 0.29) is 12.8 Å². The molecule has 3 heterocycles. The fourth-order valence-electron chi connectivity index (χ4n) is 4.16. The summed E-state index contributed by atoms with van der Waals surface area (Å²) in [6.45, 7) is 9.82. The minimum absolute atomic E-state index is 0.162. The molecule has 0 amide bonds. The second kappa shape index (κ2) is 9.90. The highest BCUT2D eigenvalue weighted by molar-refractivity contribution is 6.47. The predicted molar refractivity (Wildman–Crippen MR) is 119 cm³/mol. The summed E-state index contributed by atoms with van der Waals surface area (Å²) in [4.78, 5) is 0. The van der Waals surface area contributed by atoms with Crippen molar-refractivity contribution in [3.05, 3.63) is 35.9 Å². The van der Waals surface area contributed by atoms with E-state index in [4.69, 9.17) is 28.3 Å². The summed E-state index contributed by atoms with van der Waals surface area (Å²) >= 11 is 0. The van der Waals surface area contributed by atoms with Crippen molar-refractivity contribution < 1.29 is 31.0 Å². The summed E-state index contributed by atoms with van der Waals surface area (Å²) < 4.78 is 55.3. The molecule has 0 saturated carbocycles. The van der Waals surface area contributed by atoms with Crippen LogP contribution in [0.4, 0.5) is 0 Å². The third kappa shape index (κ3) is 5.70. The van der Waals surface area contributed by atoms with Crippen LogP contribution in [0, 0.1) is 5.89 Å². The van der Waals surface area contributed by atoms with Gasteiger partial charge in [-0.05, 0) is 58.4 Å². The lowest BCUT2D eigenvalue weighted by Crippen LogP contribution is -2.41. The molecule has 0 aromatic heterocycles. The third-order valence-electron chi connectivity index (χ3n) is 6.73. The average Bonchev–Trinajstić information content (AvgIpc) is 3.50. The largest absolute Gasteiger partial charge is 0.461 e. The van der Waals surface area contributed by atoms with Gasteiger partial charge in [-0.2, -0.15) is 0 Å². The highest BCUT2D eigenvalue weighted by Gasteiger charge is 2.55. The molecular weight excluding hydrogens is 395 g/mol. The van der Waals surface area contributed by atoms with E-state index < -0.39 is 42.6 Å². The van der Waals surface area contributed by atoms with Gasteiger partial charge in [0, 0.05) is 15.0 Å². The lowest BCUT2D eigenvalue weighted by molar-refractivity contribution is -0.0706. The van der Waals surface area contributed by atoms with Gasteiger partial charge in [-0.3, -0.25) is 0 Å². The van der Waals surface area contributed by atoms with Crippen molar-refractivity contribution in [2.45, 2.75) is 83.0 Å². The fraction of sp³-hybridized carbons (Fsp3) is 0.750. The van der Waals surface area contributed by atoms with Gasteiger partial charge in [0.05, 0.1) is 37.6 Å². The summed E-state index contributed by atoms with van der Waals surface area (Å²) in [5, 5.41) is 0. The molecule has 0 aliphatic carbocycles. The molecule has 1 aromatic rings. The molecule has 1 aromatic carbocycles. The van der Waals surface area contributed by atoms with Gasteiger partial charge in [-0.1, -0.05) is 30.3 Å². The predicted octanol–water partition coefficient (Wildman–Crippen LogP) is 4.22. The molecule has 3 fully saturated rings. The number of benzene rings is 1. The summed E-state index contributed by atoms with van der Waals surface area (Å²) in [5.74, 6) is -2.80. The van der Waals surface area contributed by atoms with Crippen molar-refractivity contribution in [1.29, 1.82) is 0 Å². The van der Waals surface area contributed by atoms with Crippen molar-refractivity contribution in [2.75, 3.05) is 26.4 Å². The Morgan fingerprint density at radius 2 is 1.39 bits per heavy atom. The number of aryl methyl sites for hydroxylation is 1. The van der Waals surface area contributed by atoms with Crippen LogP contribution >= 0.6 is 0 Å². The molecule has 0 N–H and O–H groups in total. The fourth-order valence-corrected chi connectivity index (χ4v) is 4.16. The van der Waals surface area contributed by atoms with Crippen LogP contribution in [-0.2, 0) is 34.7 Å². The highest BCUT2D eigenvalue weighted by atomic mass is 16.7. The first kappa shape index (κ1) is 20.6. The van der Waals surface area contributed by atoms with Crippen molar-refractivity contribution in [1.82, 2.24) is 0 Å². The maximum absolute atomic E-state index is 9.81. The highest BCUT2D eigenvalue weighted by Crippen LogP contribution is 2.46. The minimum atomic E-state index is -1.49. The van der Waals surface area contributed by atoms with Crippen molar-refractivity contribution in [3.8, 4) is 0 Å². The summed E-state index contributed by atoms with van der Waals surface area (Å²) in [6.07, 6.45) is 0.350. The number of ether oxygens (including phenoxy) is 4. The molecule has 6 nitrogen and oxygen atoms in total. The zero-order chi connectivity index (χ0) is 23.7. The summed E-state index contributed by atoms with van der Waals surface area (Å²) in [6, 6.07) is 10.1. The van der Waals surface area contributed by atoms with E-state index >= 15 is 0 Å². The number of hydrogen-bond acceptors (Lipinski definition) is 6. The first-order valence-corrected chi connectivity index (χ1v) is 11.4. The monoisotopic (exact) mass is 434 g/mol. The topological polar surface area (TPSA) is 55.4 Å². The van der Waals surface area contributed by atoms with Crippen LogP contribution in [0.5, 0.6) is 0 Å². The normalized spacial score (nSPS) is 28.8. The van der Waals surface area contributed by atoms with Crippen LogP contribution < -0.4 is 0 Å². The van der Waals surface area contributed by atoms with Crippen molar-refractivity contribution >= 4 is 7.12 Å². The standard InChI is InChI=1S/C24H37BO6/c1-23(2)24(3,4)31-25(30-23)20(17-22-28-14-15-29-22)19(16-21-26-12-13-27-21)11-10-18-8-6-5-7-9-18/h5-9,19-22H,10-17H2,1-4H3/t19-,20+/m0/s1/i19D,20D. The van der Waals surface area contributed by atoms with Crippen LogP contribution in [0.25, 0.3) is 0 Å². The Morgan fingerprint density at radius 1 is 0.871 bits per heavy atom. The van der Waals surface area contributed by atoms with E-state index in [1.54, 1.807) is 0 Å². The molecule has 0 bridgehead atoms. The van der Waals surface area contributed by atoms with Gasteiger partial charge < -0.3 is 28.3 Å². The second-order valence-corrected chi connectivity index (χ2v) is 9.45. The van der Waals surface area contributed by atoms with Gasteiger partial charge in [-0.25, -0.2) is 0 Å². The molecule has 0 radical (unpaired) electrons. The van der Waals surface area contributed by atoms with Gasteiger partial charge in [0.1, 0.15) is 0 Å². The summed E-state index contributed by atoms with van der Waals surface area (Å²) in [5.41, 5.74) is -0.128. The molecule has 0 unspecified atom stereocenters. The summed E-state index contributed by atoms with van der Waals surface area (Å²) in [7, 11) is -0.926. The maximum Gasteiger partial charge on any atom is 0.461 e. The van der Waals surface area contributed by atoms with Crippen LogP contribution in [0.1, 0.15) is 55.3 Å². The Kier molecular flexibility index (Phi) is 6.59. The lowest BCUT2D eigenvalue weighted by Gasteiger charge is -2.32. The quantitative estimate of drug-likeness (QED) is 0.543. The molecule has 4 rings (SSSR count). The van der Waals surface area contributed by atoms with E-state index in [0.29, 0.717) is 39.3 Å². The Bertz CT molecular complexity index is 768. The van der Waals surface area contributed by atoms with E-state index in [9.17, 15) is 2.74 Å². The van der Waals surface area contributed by atoms with Crippen LogP contribution in [0.2, 0.25) is 5.79 Å². The minimum Gasteiger partial charge on any atom is -0.403 e. The van der Waals surface area contributed by atoms with Crippen LogP contribution in [0.15, 0.2) is 30.3 Å². The van der Waals surface area contributed by atoms with E-state index in [2.05, 4.69) is 0 Å². The van der Waals surface area contributed by atoms with E-state index in [0.717, 1.165) is 5.56 Å². The smallest absolute Gasteiger partial charge is 0.403 e. The Labute approximate surface area is 189 Å². The van der Waals surface area contributed by atoms with Crippen LogP contribution in [-0.4, -0.2) is 57.3 Å². The first-order chi connectivity index (χ1) is 15.5. The molecule has 31 heavy (non-hydrogen) atoms. The Morgan fingerprint density at radius 3 is 1.94 bits per heavy atom. The molecule has 0 spiro atoms. The van der Waals surface area contributed by atoms with Gasteiger partial charge in [0.15, 0.2) is 12.6 Å². The van der Waals surface area contributed by atoms with Gasteiger partial charge in [-0.15, -0.1) is 0 Å². The maximum atomic E-state index is 9.81. The third-order valence-corrected chi connectivity index (χ3v) is 6.73. The zero-order valence-electron chi connectivity index (χ0n) is 21.2. The van der Waals surface area contributed by atoms with Crippen LogP contribution in [0.3, 0.4) is 0 Å². The van der Waals surface area contributed by atoms with Gasteiger partial charge in [0.25, 0.3) is 0 Å². The lowest BCUT2D eigenvalue weighted by atomic mass is 9.61. The molecule has 7 heteroatoms. The van der Waals surface area contributed by atoms with Gasteiger partial charge in [0.2, 0.25) is 0 Å². The Hall–Kier alpha value is -0.955. The van der Waals surface area contributed by atoms with E-state index in [1.807, 2.05) is 58.0 Å². The molecule has 172 valence electrons. The van der Waals surface area contributed by atoms with Gasteiger partial charge >= 0.3 is 7.12 Å². The molecule has 2 atom stereocenters. The van der Waals surface area contributed by atoms with Crippen molar-refractivity contribution in [2.24, 2.45) is 5.89 Å². The Balaban J connectivity index is 1.67. The number of rotatable bonds is 9. The van der Waals surface area contributed by atoms with Crippen molar-refractivity contribution in [3.63, 3.8) is 0 Å². The number of hydrogen-bond donors (Lipinski definition) is 0. The zero-order valence-corrected chi connectivity index (χ0v) is 19.2. The molecule has 3 aliphatic rings.